The lowest BCUT2D eigenvalue weighted by molar-refractivity contribution is 0.643. The van der Waals surface area contributed by atoms with Gasteiger partial charge in [0.2, 0.25) is 0 Å². The maximum atomic E-state index is 4.29. The molecular weight excluding hydrogens is 200 g/mol. The lowest BCUT2D eigenvalue weighted by atomic mass is 10.4. The molecule has 4 nitrogen and oxygen atoms in total. The SMILES string of the molecule is Cc1cnc(CNCc2cccn2C)cn1. The standard InChI is InChI=1S/C12H16N4/c1-10-6-15-11(8-14-10)7-13-9-12-4-3-5-16(12)2/h3-6,8,13H,7,9H2,1-2H3. The van der Waals surface area contributed by atoms with Crippen LogP contribution in [0.15, 0.2) is 30.7 Å². The molecule has 0 aromatic carbocycles. The Morgan fingerprint density at radius 1 is 1.25 bits per heavy atom. The molecule has 4 heteroatoms. The van der Waals surface area contributed by atoms with Crippen LogP contribution in [0.25, 0.3) is 0 Å². The molecule has 0 aliphatic carbocycles. The van der Waals surface area contributed by atoms with E-state index in [-0.39, 0.29) is 0 Å². The first kappa shape index (κ1) is 10.8. The van der Waals surface area contributed by atoms with E-state index in [4.69, 9.17) is 0 Å². The quantitative estimate of drug-likeness (QED) is 0.840. The van der Waals surface area contributed by atoms with Crippen molar-refractivity contribution in [3.8, 4) is 0 Å². The van der Waals surface area contributed by atoms with Crippen LogP contribution in [0.5, 0.6) is 0 Å². The van der Waals surface area contributed by atoms with Gasteiger partial charge in [-0.25, -0.2) is 0 Å². The van der Waals surface area contributed by atoms with E-state index in [1.54, 1.807) is 6.20 Å². The van der Waals surface area contributed by atoms with Gasteiger partial charge in [-0.15, -0.1) is 0 Å². The van der Waals surface area contributed by atoms with Crippen LogP contribution in [0.3, 0.4) is 0 Å². The molecule has 0 spiro atoms. The Kier molecular flexibility index (Phi) is 3.31. The number of aromatic nitrogens is 3. The molecule has 0 saturated heterocycles. The number of rotatable bonds is 4. The van der Waals surface area contributed by atoms with Crippen LogP contribution >= 0.6 is 0 Å². The van der Waals surface area contributed by atoms with Crippen LogP contribution in [0.4, 0.5) is 0 Å². The van der Waals surface area contributed by atoms with E-state index >= 15 is 0 Å². The Morgan fingerprint density at radius 3 is 2.75 bits per heavy atom. The van der Waals surface area contributed by atoms with E-state index in [2.05, 4.69) is 25.9 Å². The van der Waals surface area contributed by atoms with Crippen molar-refractivity contribution in [1.29, 1.82) is 0 Å². The summed E-state index contributed by atoms with van der Waals surface area (Å²) in [4.78, 5) is 8.49. The summed E-state index contributed by atoms with van der Waals surface area (Å²) in [5, 5.41) is 3.34. The summed E-state index contributed by atoms with van der Waals surface area (Å²) in [7, 11) is 2.04. The fraction of sp³-hybridized carbons (Fsp3) is 0.333. The molecular formula is C12H16N4. The molecule has 0 amide bonds. The van der Waals surface area contributed by atoms with Crippen molar-refractivity contribution < 1.29 is 0 Å². The molecule has 2 aromatic rings. The maximum absolute atomic E-state index is 4.29. The zero-order chi connectivity index (χ0) is 11.4. The average Bonchev–Trinajstić information content (AvgIpc) is 2.68. The highest BCUT2D eigenvalue weighted by atomic mass is 15.0. The second-order valence-electron chi connectivity index (χ2n) is 3.86. The minimum atomic E-state index is 0.748. The van der Waals surface area contributed by atoms with Crippen LogP contribution in [0, 0.1) is 6.92 Å². The number of aryl methyl sites for hydroxylation is 2. The van der Waals surface area contributed by atoms with Crippen molar-refractivity contribution in [2.45, 2.75) is 20.0 Å². The van der Waals surface area contributed by atoms with Crippen molar-refractivity contribution in [1.82, 2.24) is 19.9 Å². The highest BCUT2D eigenvalue weighted by molar-refractivity contribution is 5.06. The number of hydrogen-bond acceptors (Lipinski definition) is 3. The van der Waals surface area contributed by atoms with E-state index < -0.39 is 0 Å². The van der Waals surface area contributed by atoms with Gasteiger partial charge in [0.05, 0.1) is 11.4 Å². The molecule has 2 aromatic heterocycles. The van der Waals surface area contributed by atoms with Gasteiger partial charge in [-0.1, -0.05) is 0 Å². The summed E-state index contributed by atoms with van der Waals surface area (Å²) in [6, 6.07) is 4.15. The Labute approximate surface area is 95.4 Å². The molecule has 16 heavy (non-hydrogen) atoms. The first-order valence-electron chi connectivity index (χ1n) is 5.34. The topological polar surface area (TPSA) is 42.7 Å². The monoisotopic (exact) mass is 216 g/mol. The van der Waals surface area contributed by atoms with Gasteiger partial charge in [0.15, 0.2) is 0 Å². The third-order valence-corrected chi connectivity index (χ3v) is 2.50. The second-order valence-corrected chi connectivity index (χ2v) is 3.86. The van der Waals surface area contributed by atoms with Crippen LogP contribution in [-0.4, -0.2) is 14.5 Å². The van der Waals surface area contributed by atoms with E-state index in [0.717, 1.165) is 24.5 Å². The fourth-order valence-electron chi connectivity index (χ4n) is 1.51. The molecule has 0 saturated carbocycles. The molecule has 0 atom stereocenters. The largest absolute Gasteiger partial charge is 0.353 e. The van der Waals surface area contributed by atoms with E-state index in [1.807, 2.05) is 32.4 Å². The summed E-state index contributed by atoms with van der Waals surface area (Å²) in [6.07, 6.45) is 5.65. The number of nitrogens with one attached hydrogen (secondary N) is 1. The average molecular weight is 216 g/mol. The first-order chi connectivity index (χ1) is 7.75. The van der Waals surface area contributed by atoms with Crippen LogP contribution in [0.2, 0.25) is 0 Å². The molecule has 2 heterocycles. The highest BCUT2D eigenvalue weighted by Crippen LogP contribution is 1.99. The van der Waals surface area contributed by atoms with E-state index in [0.29, 0.717) is 0 Å². The van der Waals surface area contributed by atoms with Crippen molar-refractivity contribution >= 4 is 0 Å². The predicted octanol–water partition coefficient (Wildman–Crippen LogP) is 1.41. The van der Waals surface area contributed by atoms with Gasteiger partial charge in [0.25, 0.3) is 0 Å². The van der Waals surface area contributed by atoms with Gasteiger partial charge >= 0.3 is 0 Å². The molecule has 0 bridgehead atoms. The minimum Gasteiger partial charge on any atom is -0.353 e. The molecule has 0 radical (unpaired) electrons. The lowest BCUT2D eigenvalue weighted by Crippen LogP contribution is -2.15. The summed E-state index contributed by atoms with van der Waals surface area (Å²) in [5.41, 5.74) is 3.19. The summed E-state index contributed by atoms with van der Waals surface area (Å²) >= 11 is 0. The van der Waals surface area contributed by atoms with Gasteiger partial charge in [-0.3, -0.25) is 9.97 Å². The molecule has 1 N–H and O–H groups in total. The predicted molar refractivity (Wildman–Crippen MR) is 62.7 cm³/mol. The van der Waals surface area contributed by atoms with Gasteiger partial charge in [-0.05, 0) is 19.1 Å². The smallest absolute Gasteiger partial charge is 0.0724 e. The summed E-state index contributed by atoms with van der Waals surface area (Å²) in [6.45, 7) is 3.53. The van der Waals surface area contributed by atoms with Crippen LogP contribution < -0.4 is 5.32 Å². The van der Waals surface area contributed by atoms with E-state index in [9.17, 15) is 0 Å². The summed E-state index contributed by atoms with van der Waals surface area (Å²) < 4.78 is 2.10. The van der Waals surface area contributed by atoms with Crippen molar-refractivity contribution in [3.05, 3.63) is 47.8 Å². The van der Waals surface area contributed by atoms with E-state index in [1.165, 1.54) is 5.69 Å². The Hall–Kier alpha value is -1.68. The van der Waals surface area contributed by atoms with Gasteiger partial charge in [-0.2, -0.15) is 0 Å². The maximum Gasteiger partial charge on any atom is 0.0724 e. The third-order valence-electron chi connectivity index (χ3n) is 2.50. The normalized spacial score (nSPS) is 10.6. The molecule has 0 unspecified atom stereocenters. The zero-order valence-electron chi connectivity index (χ0n) is 9.64. The summed E-state index contributed by atoms with van der Waals surface area (Å²) in [5.74, 6) is 0. The first-order valence-corrected chi connectivity index (χ1v) is 5.34. The van der Waals surface area contributed by atoms with Crippen molar-refractivity contribution in [3.63, 3.8) is 0 Å². The molecule has 0 fully saturated rings. The molecule has 84 valence electrons. The molecule has 2 rings (SSSR count). The third kappa shape index (κ3) is 2.67. The Bertz CT molecular complexity index is 444. The van der Waals surface area contributed by atoms with Gasteiger partial charge in [0, 0.05) is 44.4 Å². The Balaban J connectivity index is 1.84. The Morgan fingerprint density at radius 2 is 2.12 bits per heavy atom. The molecule has 0 aliphatic rings. The number of nitrogens with zero attached hydrogens (tertiary/aromatic N) is 3. The van der Waals surface area contributed by atoms with Crippen molar-refractivity contribution in [2.24, 2.45) is 7.05 Å². The molecule has 0 aliphatic heterocycles. The zero-order valence-corrected chi connectivity index (χ0v) is 9.64. The number of hydrogen-bond donors (Lipinski definition) is 1. The minimum absolute atomic E-state index is 0.748. The fourth-order valence-corrected chi connectivity index (χ4v) is 1.51. The lowest BCUT2D eigenvalue weighted by Gasteiger charge is -2.05. The second kappa shape index (κ2) is 4.90. The van der Waals surface area contributed by atoms with Gasteiger partial charge < -0.3 is 9.88 Å². The van der Waals surface area contributed by atoms with Crippen LogP contribution in [-0.2, 0) is 20.1 Å². The van der Waals surface area contributed by atoms with Crippen LogP contribution in [0.1, 0.15) is 17.1 Å². The van der Waals surface area contributed by atoms with Crippen molar-refractivity contribution in [2.75, 3.05) is 0 Å². The highest BCUT2D eigenvalue weighted by Gasteiger charge is 1.98. The van der Waals surface area contributed by atoms with Gasteiger partial charge in [0.1, 0.15) is 0 Å².